The van der Waals surface area contributed by atoms with Crippen LogP contribution in [0, 0.1) is 29.1 Å². The van der Waals surface area contributed by atoms with E-state index in [9.17, 15) is 4.79 Å². The predicted octanol–water partition coefficient (Wildman–Crippen LogP) is 1.96. The van der Waals surface area contributed by atoms with E-state index in [1.165, 1.54) is 0 Å². The molecule has 0 unspecified atom stereocenters. The molecule has 3 heterocycles. The van der Waals surface area contributed by atoms with Crippen molar-refractivity contribution in [3.8, 4) is 17.8 Å². The maximum atomic E-state index is 12.8. The molecule has 2 saturated carbocycles. The second-order valence-corrected chi connectivity index (χ2v) is 9.51. The average Bonchev–Trinajstić information content (AvgIpc) is 3.63. The highest BCUT2D eigenvalue weighted by Gasteiger charge is 2.38. The van der Waals surface area contributed by atoms with Crippen LogP contribution in [0.5, 0.6) is 11.8 Å². The van der Waals surface area contributed by atoms with Crippen LogP contribution in [0.15, 0.2) is 18.3 Å². The minimum atomic E-state index is -0.304. The lowest BCUT2D eigenvalue weighted by molar-refractivity contribution is 0.0904. The topological polar surface area (TPSA) is 152 Å². The molecule has 5 rings (SSSR count). The fourth-order valence-electron chi connectivity index (χ4n) is 4.26. The molecule has 2 aliphatic carbocycles. The van der Waals surface area contributed by atoms with Gasteiger partial charge in [-0.05, 0) is 56.6 Å². The van der Waals surface area contributed by atoms with Crippen LogP contribution in [0.2, 0.25) is 0 Å². The summed E-state index contributed by atoms with van der Waals surface area (Å²) in [7, 11) is 0. The van der Waals surface area contributed by atoms with Gasteiger partial charge in [-0.15, -0.1) is 0 Å². The molecule has 2 aromatic rings. The normalized spacial score (nSPS) is 22.1. The van der Waals surface area contributed by atoms with Crippen molar-refractivity contribution in [3.05, 3.63) is 24.2 Å². The van der Waals surface area contributed by atoms with Crippen LogP contribution in [-0.4, -0.2) is 58.2 Å². The molecule has 3 N–H and O–H groups in total. The van der Waals surface area contributed by atoms with Gasteiger partial charge in [0.05, 0.1) is 25.2 Å². The van der Waals surface area contributed by atoms with E-state index < -0.39 is 0 Å². The molecule has 3 aliphatic rings. The van der Waals surface area contributed by atoms with Crippen LogP contribution < -0.4 is 25.4 Å². The number of nitriles is 1. The molecule has 184 valence electrons. The molecule has 1 saturated heterocycles. The van der Waals surface area contributed by atoms with E-state index >= 15 is 0 Å². The number of aromatic nitrogens is 4. The number of nitrogen functional groups attached to an aromatic ring is 1. The fraction of sp³-hybridized carbons (Fsp3) is 0.583. The number of hydrogen-bond acceptors (Lipinski definition) is 10. The lowest BCUT2D eigenvalue weighted by Gasteiger charge is -2.32. The third-order valence-electron chi connectivity index (χ3n) is 6.93. The van der Waals surface area contributed by atoms with Crippen LogP contribution in [0.3, 0.4) is 0 Å². The summed E-state index contributed by atoms with van der Waals surface area (Å²) in [5.41, 5.74) is 5.87. The predicted molar refractivity (Wildman–Crippen MR) is 127 cm³/mol. The Bertz CT molecular complexity index is 1090. The number of nitrogens with two attached hydrogens (primary N) is 1. The van der Waals surface area contributed by atoms with Gasteiger partial charge < -0.3 is 25.4 Å². The lowest BCUT2D eigenvalue weighted by atomic mass is 9.93. The standard InChI is InChI=1S/C24H30N8O3/c25-12-16-11-17(16)14-35-24-30-21(22(33)28-18-3-1-4-18)29-23(31-24)32-9-6-15(7-10-32)13-34-19-5-2-8-27-20(19)26/h2,5,8,15-18H,1,3-4,6-7,9-11,13-14H2,(H2,26,27)(H,28,33)/t16-,17+/m0/s1. The Morgan fingerprint density at radius 1 is 1.17 bits per heavy atom. The largest absolute Gasteiger partial charge is 0.489 e. The van der Waals surface area contributed by atoms with Gasteiger partial charge in [0.15, 0.2) is 11.6 Å². The molecule has 3 fully saturated rings. The first-order chi connectivity index (χ1) is 17.1. The van der Waals surface area contributed by atoms with Gasteiger partial charge in [0.25, 0.3) is 5.91 Å². The number of ether oxygens (including phenoxy) is 2. The molecule has 0 radical (unpaired) electrons. The van der Waals surface area contributed by atoms with Gasteiger partial charge in [0.1, 0.15) is 0 Å². The highest BCUT2D eigenvalue weighted by atomic mass is 16.5. The summed E-state index contributed by atoms with van der Waals surface area (Å²) in [6.45, 7) is 2.37. The van der Waals surface area contributed by atoms with Gasteiger partial charge in [0.2, 0.25) is 11.8 Å². The Hall–Kier alpha value is -3.68. The second kappa shape index (κ2) is 10.3. The van der Waals surface area contributed by atoms with Crippen molar-refractivity contribution < 1.29 is 14.3 Å². The van der Waals surface area contributed by atoms with Gasteiger partial charge in [-0.1, -0.05) is 0 Å². The number of carbonyl (C=O) groups is 1. The molecule has 11 nitrogen and oxygen atoms in total. The van der Waals surface area contributed by atoms with Crippen molar-refractivity contribution in [2.75, 3.05) is 36.9 Å². The highest BCUT2D eigenvalue weighted by molar-refractivity contribution is 5.91. The number of nitrogens with zero attached hydrogens (tertiary/aromatic N) is 6. The summed E-state index contributed by atoms with van der Waals surface area (Å²) < 4.78 is 11.7. The summed E-state index contributed by atoms with van der Waals surface area (Å²) in [5, 5.41) is 12.0. The Labute approximate surface area is 204 Å². The van der Waals surface area contributed by atoms with E-state index in [0.717, 1.165) is 51.6 Å². The number of piperidine rings is 1. The molecule has 11 heteroatoms. The van der Waals surface area contributed by atoms with Crippen molar-refractivity contribution in [2.45, 2.75) is 44.6 Å². The zero-order valence-electron chi connectivity index (χ0n) is 19.6. The van der Waals surface area contributed by atoms with E-state index in [1.807, 2.05) is 6.07 Å². The highest BCUT2D eigenvalue weighted by Crippen LogP contribution is 2.37. The van der Waals surface area contributed by atoms with Crippen molar-refractivity contribution in [1.29, 1.82) is 5.26 Å². The van der Waals surface area contributed by atoms with Crippen LogP contribution in [0.1, 0.15) is 49.1 Å². The number of nitrogens with one attached hydrogen (secondary N) is 1. The van der Waals surface area contributed by atoms with Crippen molar-refractivity contribution >= 4 is 17.7 Å². The molecule has 0 spiro atoms. The summed E-state index contributed by atoms with van der Waals surface area (Å²) >= 11 is 0. The SMILES string of the molecule is N#C[C@@H]1C[C@@H]1COc1nc(C(=O)NC2CCC2)nc(N2CCC(COc3cccnc3N)CC2)n1. The summed E-state index contributed by atoms with van der Waals surface area (Å²) in [5.74, 6) is 1.79. The minimum absolute atomic E-state index is 0.0287. The third-order valence-corrected chi connectivity index (χ3v) is 6.93. The molecule has 1 amide bonds. The number of hydrogen-bond donors (Lipinski definition) is 2. The summed E-state index contributed by atoms with van der Waals surface area (Å²) in [6, 6.07) is 6.19. The average molecular weight is 479 g/mol. The number of anilines is 2. The maximum absolute atomic E-state index is 12.8. The first-order valence-corrected chi connectivity index (χ1v) is 12.3. The molecule has 2 aromatic heterocycles. The number of carbonyl (C=O) groups excluding carboxylic acids is 1. The van der Waals surface area contributed by atoms with Gasteiger partial charge in [-0.2, -0.15) is 20.2 Å². The Kier molecular flexibility index (Phi) is 6.79. The second-order valence-electron chi connectivity index (χ2n) is 9.51. The monoisotopic (exact) mass is 478 g/mol. The summed E-state index contributed by atoms with van der Waals surface area (Å²) in [6.07, 6.45) is 7.31. The smallest absolute Gasteiger partial charge is 0.321 e. The molecule has 0 aromatic carbocycles. The Balaban J connectivity index is 1.22. The zero-order chi connectivity index (χ0) is 24.2. The molecular formula is C24H30N8O3. The summed E-state index contributed by atoms with van der Waals surface area (Å²) in [4.78, 5) is 32.1. The van der Waals surface area contributed by atoms with E-state index in [0.29, 0.717) is 36.6 Å². The van der Waals surface area contributed by atoms with Gasteiger partial charge in [0, 0.05) is 31.2 Å². The third kappa shape index (κ3) is 5.70. The van der Waals surface area contributed by atoms with E-state index in [1.54, 1.807) is 12.3 Å². The Morgan fingerprint density at radius 3 is 2.69 bits per heavy atom. The first-order valence-electron chi connectivity index (χ1n) is 12.3. The molecular weight excluding hydrogens is 448 g/mol. The van der Waals surface area contributed by atoms with Crippen molar-refractivity contribution in [2.24, 2.45) is 17.8 Å². The number of amides is 1. The number of pyridine rings is 1. The van der Waals surface area contributed by atoms with Crippen molar-refractivity contribution in [3.63, 3.8) is 0 Å². The minimum Gasteiger partial charge on any atom is -0.489 e. The van der Waals surface area contributed by atoms with Crippen LogP contribution in [0.4, 0.5) is 11.8 Å². The van der Waals surface area contributed by atoms with E-state index in [4.69, 9.17) is 20.5 Å². The quantitative estimate of drug-likeness (QED) is 0.547. The van der Waals surface area contributed by atoms with Crippen LogP contribution >= 0.6 is 0 Å². The van der Waals surface area contributed by atoms with E-state index in [2.05, 4.69) is 36.2 Å². The molecule has 0 bridgehead atoms. The van der Waals surface area contributed by atoms with Gasteiger partial charge >= 0.3 is 6.01 Å². The lowest BCUT2D eigenvalue weighted by Crippen LogP contribution is -2.41. The van der Waals surface area contributed by atoms with Crippen molar-refractivity contribution in [1.82, 2.24) is 25.3 Å². The Morgan fingerprint density at radius 2 is 2.00 bits per heavy atom. The molecule has 35 heavy (non-hydrogen) atoms. The van der Waals surface area contributed by atoms with Gasteiger partial charge in [-0.3, -0.25) is 4.79 Å². The van der Waals surface area contributed by atoms with E-state index in [-0.39, 0.29) is 35.6 Å². The molecule has 2 atom stereocenters. The first kappa shape index (κ1) is 23.1. The number of rotatable bonds is 9. The zero-order valence-corrected chi connectivity index (χ0v) is 19.6. The van der Waals surface area contributed by atoms with Crippen LogP contribution in [0.25, 0.3) is 0 Å². The molecule has 1 aliphatic heterocycles. The fourth-order valence-corrected chi connectivity index (χ4v) is 4.26. The van der Waals surface area contributed by atoms with Gasteiger partial charge in [-0.25, -0.2) is 4.98 Å². The van der Waals surface area contributed by atoms with Crippen LogP contribution in [-0.2, 0) is 0 Å². The maximum Gasteiger partial charge on any atom is 0.321 e.